The summed E-state index contributed by atoms with van der Waals surface area (Å²) in [5.41, 5.74) is 8.78. The summed E-state index contributed by atoms with van der Waals surface area (Å²) >= 11 is 0. The molecule has 2 unspecified atom stereocenters. The van der Waals surface area contributed by atoms with E-state index >= 15 is 0 Å². The van der Waals surface area contributed by atoms with Gasteiger partial charge < -0.3 is 15.4 Å². The van der Waals surface area contributed by atoms with E-state index < -0.39 is 0 Å². The molecule has 3 rings (SSSR count). The number of imidazole rings is 1. The van der Waals surface area contributed by atoms with Gasteiger partial charge in [-0.2, -0.15) is 0 Å². The standard InChI is InChI=1S/C16H23N3O/c1-2-3-16-18-14-9-12(17)5-7-15(14)19(16)10-11-4-6-13(20)8-11/h5,7,9,11,13,20H,2-4,6,8,10,17H2,1H3. The van der Waals surface area contributed by atoms with Crippen molar-refractivity contribution in [3.63, 3.8) is 0 Å². The van der Waals surface area contributed by atoms with Crippen LogP contribution in [0.25, 0.3) is 11.0 Å². The molecule has 1 aliphatic rings. The van der Waals surface area contributed by atoms with E-state index in [0.29, 0.717) is 5.92 Å². The zero-order valence-corrected chi connectivity index (χ0v) is 12.0. The molecule has 1 aliphatic carbocycles. The second-order valence-electron chi connectivity index (χ2n) is 5.97. The molecule has 2 atom stereocenters. The molecule has 1 fully saturated rings. The summed E-state index contributed by atoms with van der Waals surface area (Å²) in [6, 6.07) is 5.97. The molecule has 0 radical (unpaired) electrons. The van der Waals surface area contributed by atoms with Gasteiger partial charge in [-0.3, -0.25) is 0 Å². The summed E-state index contributed by atoms with van der Waals surface area (Å²) in [4.78, 5) is 4.74. The molecule has 20 heavy (non-hydrogen) atoms. The minimum Gasteiger partial charge on any atom is -0.399 e. The van der Waals surface area contributed by atoms with Crippen LogP contribution in [0.2, 0.25) is 0 Å². The number of aliphatic hydroxyl groups is 1. The molecule has 0 aliphatic heterocycles. The second kappa shape index (κ2) is 5.44. The SMILES string of the molecule is CCCc1nc2cc(N)ccc2n1CC1CCC(O)C1. The first-order valence-corrected chi connectivity index (χ1v) is 7.60. The van der Waals surface area contributed by atoms with E-state index in [1.165, 1.54) is 5.52 Å². The van der Waals surface area contributed by atoms with Crippen LogP contribution in [0, 0.1) is 5.92 Å². The van der Waals surface area contributed by atoms with Crippen LogP contribution >= 0.6 is 0 Å². The Bertz CT molecular complexity index is 605. The van der Waals surface area contributed by atoms with Crippen LogP contribution in [0.1, 0.15) is 38.4 Å². The number of nitrogens with zero attached hydrogens (tertiary/aromatic N) is 2. The van der Waals surface area contributed by atoms with Crippen molar-refractivity contribution in [2.75, 3.05) is 5.73 Å². The number of hydrogen-bond donors (Lipinski definition) is 2. The summed E-state index contributed by atoms with van der Waals surface area (Å²) in [5.74, 6) is 1.71. The minimum atomic E-state index is -0.111. The van der Waals surface area contributed by atoms with E-state index in [1.54, 1.807) is 0 Å². The molecule has 2 aromatic rings. The Hall–Kier alpha value is -1.55. The maximum Gasteiger partial charge on any atom is 0.109 e. The maximum atomic E-state index is 9.71. The fourth-order valence-corrected chi connectivity index (χ4v) is 3.29. The molecule has 0 saturated heterocycles. The molecule has 1 heterocycles. The molecular weight excluding hydrogens is 250 g/mol. The number of hydrogen-bond acceptors (Lipinski definition) is 3. The second-order valence-corrected chi connectivity index (χ2v) is 5.97. The van der Waals surface area contributed by atoms with Gasteiger partial charge in [-0.15, -0.1) is 0 Å². The smallest absolute Gasteiger partial charge is 0.109 e. The molecule has 4 nitrogen and oxygen atoms in total. The monoisotopic (exact) mass is 273 g/mol. The van der Waals surface area contributed by atoms with Gasteiger partial charge in [0.2, 0.25) is 0 Å². The topological polar surface area (TPSA) is 64.1 Å². The van der Waals surface area contributed by atoms with E-state index in [1.807, 2.05) is 12.1 Å². The minimum absolute atomic E-state index is 0.111. The number of fused-ring (bicyclic) bond motifs is 1. The summed E-state index contributed by atoms with van der Waals surface area (Å²) in [7, 11) is 0. The van der Waals surface area contributed by atoms with Crippen LogP contribution in [0.4, 0.5) is 5.69 Å². The van der Waals surface area contributed by atoms with Crippen molar-refractivity contribution in [1.29, 1.82) is 0 Å². The van der Waals surface area contributed by atoms with Crippen molar-refractivity contribution in [3.05, 3.63) is 24.0 Å². The van der Waals surface area contributed by atoms with Gasteiger partial charge in [0.05, 0.1) is 17.1 Å². The molecular formula is C16H23N3O. The fourth-order valence-electron chi connectivity index (χ4n) is 3.29. The molecule has 0 bridgehead atoms. The summed E-state index contributed by atoms with van der Waals surface area (Å²) in [5, 5.41) is 9.71. The lowest BCUT2D eigenvalue weighted by atomic mass is 10.1. The predicted octanol–water partition coefficient (Wildman–Crippen LogP) is 2.73. The fraction of sp³-hybridized carbons (Fsp3) is 0.562. The first kappa shape index (κ1) is 13.4. The van der Waals surface area contributed by atoms with Crippen molar-refractivity contribution in [3.8, 4) is 0 Å². The van der Waals surface area contributed by atoms with Gasteiger partial charge in [-0.1, -0.05) is 6.92 Å². The van der Waals surface area contributed by atoms with E-state index in [2.05, 4.69) is 17.6 Å². The average molecular weight is 273 g/mol. The van der Waals surface area contributed by atoms with E-state index in [9.17, 15) is 5.11 Å². The third-order valence-electron chi connectivity index (χ3n) is 4.28. The van der Waals surface area contributed by atoms with Crippen LogP contribution in [0.5, 0.6) is 0 Å². The number of aryl methyl sites for hydroxylation is 1. The van der Waals surface area contributed by atoms with Crippen LogP contribution in [0.15, 0.2) is 18.2 Å². The third kappa shape index (κ3) is 2.52. The van der Waals surface area contributed by atoms with Crippen molar-refractivity contribution in [2.45, 2.75) is 51.7 Å². The molecule has 108 valence electrons. The molecule has 0 spiro atoms. The number of anilines is 1. The number of benzene rings is 1. The van der Waals surface area contributed by atoms with Gasteiger partial charge in [-0.25, -0.2) is 4.98 Å². The van der Waals surface area contributed by atoms with E-state index in [4.69, 9.17) is 10.7 Å². The Kier molecular flexibility index (Phi) is 3.66. The Labute approximate surface area is 119 Å². The number of aromatic nitrogens is 2. The molecule has 0 amide bonds. The molecule has 1 aromatic heterocycles. The molecule has 3 N–H and O–H groups in total. The van der Waals surface area contributed by atoms with Crippen LogP contribution in [0.3, 0.4) is 0 Å². The highest BCUT2D eigenvalue weighted by Crippen LogP contribution is 2.29. The quantitative estimate of drug-likeness (QED) is 0.842. The summed E-state index contributed by atoms with van der Waals surface area (Å²) in [6.07, 6.45) is 4.94. The first-order valence-electron chi connectivity index (χ1n) is 7.60. The highest BCUT2D eigenvalue weighted by atomic mass is 16.3. The molecule has 1 aromatic carbocycles. The van der Waals surface area contributed by atoms with Gasteiger partial charge in [0, 0.05) is 18.7 Å². The Morgan fingerprint density at radius 2 is 2.25 bits per heavy atom. The van der Waals surface area contributed by atoms with Crippen LogP contribution < -0.4 is 5.73 Å². The van der Waals surface area contributed by atoms with Gasteiger partial charge in [0.15, 0.2) is 0 Å². The normalized spacial score (nSPS) is 22.7. The Morgan fingerprint density at radius 1 is 1.40 bits per heavy atom. The van der Waals surface area contributed by atoms with Crippen molar-refractivity contribution < 1.29 is 5.11 Å². The zero-order valence-electron chi connectivity index (χ0n) is 12.0. The van der Waals surface area contributed by atoms with Crippen LogP contribution in [-0.4, -0.2) is 20.8 Å². The molecule has 1 saturated carbocycles. The average Bonchev–Trinajstić information content (AvgIpc) is 2.95. The van der Waals surface area contributed by atoms with Crippen molar-refractivity contribution in [2.24, 2.45) is 5.92 Å². The lowest BCUT2D eigenvalue weighted by molar-refractivity contribution is 0.176. The van der Waals surface area contributed by atoms with Crippen molar-refractivity contribution in [1.82, 2.24) is 9.55 Å². The van der Waals surface area contributed by atoms with Crippen molar-refractivity contribution >= 4 is 16.7 Å². The van der Waals surface area contributed by atoms with Gasteiger partial charge >= 0.3 is 0 Å². The third-order valence-corrected chi connectivity index (χ3v) is 4.28. The number of nitrogens with two attached hydrogens (primary N) is 1. The Morgan fingerprint density at radius 3 is 2.95 bits per heavy atom. The Balaban J connectivity index is 1.95. The highest BCUT2D eigenvalue weighted by molar-refractivity contribution is 5.79. The summed E-state index contributed by atoms with van der Waals surface area (Å²) < 4.78 is 2.33. The first-order chi connectivity index (χ1) is 9.67. The highest BCUT2D eigenvalue weighted by Gasteiger charge is 2.24. The van der Waals surface area contributed by atoms with E-state index in [-0.39, 0.29) is 6.10 Å². The largest absolute Gasteiger partial charge is 0.399 e. The zero-order chi connectivity index (χ0) is 14.1. The number of aliphatic hydroxyl groups excluding tert-OH is 1. The summed E-state index contributed by atoms with van der Waals surface area (Å²) in [6.45, 7) is 3.14. The number of nitrogen functional groups attached to an aromatic ring is 1. The lowest BCUT2D eigenvalue weighted by Crippen LogP contribution is -2.12. The van der Waals surface area contributed by atoms with Gasteiger partial charge in [0.25, 0.3) is 0 Å². The van der Waals surface area contributed by atoms with Crippen LogP contribution in [-0.2, 0) is 13.0 Å². The lowest BCUT2D eigenvalue weighted by Gasteiger charge is -2.14. The number of rotatable bonds is 4. The van der Waals surface area contributed by atoms with Gasteiger partial charge in [-0.05, 0) is 49.8 Å². The maximum absolute atomic E-state index is 9.71. The predicted molar refractivity (Wildman–Crippen MR) is 81.5 cm³/mol. The molecule has 4 heteroatoms. The van der Waals surface area contributed by atoms with Gasteiger partial charge in [0.1, 0.15) is 5.82 Å². The van der Waals surface area contributed by atoms with E-state index in [0.717, 1.165) is 55.7 Å².